The molecule has 3 rings (SSSR count). The minimum Gasteiger partial charge on any atom is -0.284 e. The molecule has 2 aromatic rings. The maximum atomic E-state index is 11.7. The molecule has 0 bridgehead atoms. The summed E-state index contributed by atoms with van der Waals surface area (Å²) < 4.78 is 0.853. The number of nitriles is 1. The molecular formula is C15H14N4OS2. The molecule has 1 fully saturated rings. The minimum atomic E-state index is 0.0299. The van der Waals surface area contributed by atoms with Crippen LogP contribution < -0.4 is 4.90 Å². The summed E-state index contributed by atoms with van der Waals surface area (Å²) in [6.45, 7) is 1.57. The zero-order valence-corrected chi connectivity index (χ0v) is 13.7. The van der Waals surface area contributed by atoms with E-state index in [-0.39, 0.29) is 5.91 Å². The van der Waals surface area contributed by atoms with Gasteiger partial charge in [-0.2, -0.15) is 5.26 Å². The van der Waals surface area contributed by atoms with Gasteiger partial charge in [-0.1, -0.05) is 35.2 Å². The highest BCUT2D eigenvalue weighted by Crippen LogP contribution is 2.36. The predicted molar refractivity (Wildman–Crippen MR) is 86.8 cm³/mol. The molecule has 5 nitrogen and oxygen atoms in total. The van der Waals surface area contributed by atoms with Crippen LogP contribution >= 0.6 is 23.1 Å². The SMILES string of the molecule is CC(=O)N(c1nnc(SCc2ccc(C#N)cc2)s1)C1CC1. The average Bonchev–Trinajstić information content (AvgIpc) is 3.23. The monoisotopic (exact) mass is 330 g/mol. The third-order valence-corrected chi connectivity index (χ3v) is 5.43. The van der Waals surface area contributed by atoms with E-state index in [2.05, 4.69) is 16.3 Å². The molecule has 0 radical (unpaired) electrons. The first-order chi connectivity index (χ1) is 10.7. The Morgan fingerprint density at radius 3 is 2.73 bits per heavy atom. The highest BCUT2D eigenvalue weighted by Gasteiger charge is 2.34. The summed E-state index contributed by atoms with van der Waals surface area (Å²) in [4.78, 5) is 13.5. The van der Waals surface area contributed by atoms with Crippen molar-refractivity contribution in [2.45, 2.75) is 35.9 Å². The molecule has 1 amide bonds. The van der Waals surface area contributed by atoms with E-state index in [9.17, 15) is 4.79 Å². The fourth-order valence-electron chi connectivity index (χ4n) is 2.06. The summed E-state index contributed by atoms with van der Waals surface area (Å²) in [5.74, 6) is 0.798. The Morgan fingerprint density at radius 2 is 2.14 bits per heavy atom. The minimum absolute atomic E-state index is 0.0299. The Kier molecular flexibility index (Phi) is 4.41. The van der Waals surface area contributed by atoms with Gasteiger partial charge in [0, 0.05) is 18.7 Å². The molecule has 7 heteroatoms. The van der Waals surface area contributed by atoms with Crippen molar-refractivity contribution in [3.05, 3.63) is 35.4 Å². The van der Waals surface area contributed by atoms with Crippen molar-refractivity contribution < 1.29 is 4.79 Å². The van der Waals surface area contributed by atoms with Crippen LogP contribution in [0.1, 0.15) is 30.9 Å². The van der Waals surface area contributed by atoms with Gasteiger partial charge in [0.05, 0.1) is 11.6 Å². The van der Waals surface area contributed by atoms with Crippen LogP contribution in [-0.4, -0.2) is 22.1 Å². The van der Waals surface area contributed by atoms with Crippen molar-refractivity contribution in [2.75, 3.05) is 4.90 Å². The van der Waals surface area contributed by atoms with Crippen molar-refractivity contribution in [1.29, 1.82) is 5.26 Å². The normalized spacial score (nSPS) is 13.6. The molecule has 0 spiro atoms. The zero-order chi connectivity index (χ0) is 15.5. The lowest BCUT2D eigenvalue weighted by molar-refractivity contribution is -0.116. The van der Waals surface area contributed by atoms with E-state index in [4.69, 9.17) is 5.26 Å². The van der Waals surface area contributed by atoms with Crippen LogP contribution in [0.25, 0.3) is 0 Å². The Bertz CT molecular complexity index is 716. The van der Waals surface area contributed by atoms with Crippen LogP contribution in [-0.2, 0) is 10.5 Å². The number of carbonyl (C=O) groups is 1. The zero-order valence-electron chi connectivity index (χ0n) is 12.0. The van der Waals surface area contributed by atoms with Gasteiger partial charge in [-0.05, 0) is 30.5 Å². The van der Waals surface area contributed by atoms with Crippen LogP contribution in [0.15, 0.2) is 28.6 Å². The summed E-state index contributed by atoms with van der Waals surface area (Å²) in [5.41, 5.74) is 1.79. The van der Waals surface area contributed by atoms with E-state index in [1.807, 2.05) is 24.3 Å². The summed E-state index contributed by atoms with van der Waals surface area (Å²) in [5, 5.41) is 17.8. The number of hydrogen-bond acceptors (Lipinski definition) is 6. The second-order valence-corrected chi connectivity index (χ2v) is 7.25. The number of aromatic nitrogens is 2. The summed E-state index contributed by atoms with van der Waals surface area (Å²) in [7, 11) is 0. The Balaban J connectivity index is 1.63. The van der Waals surface area contributed by atoms with Crippen molar-refractivity contribution >= 4 is 34.1 Å². The van der Waals surface area contributed by atoms with E-state index in [1.165, 1.54) is 11.3 Å². The van der Waals surface area contributed by atoms with Gasteiger partial charge >= 0.3 is 0 Å². The third-order valence-electron chi connectivity index (χ3n) is 3.30. The number of hydrogen-bond donors (Lipinski definition) is 0. The Hall–Kier alpha value is -1.91. The van der Waals surface area contributed by atoms with Gasteiger partial charge in [-0.25, -0.2) is 0 Å². The smallest absolute Gasteiger partial charge is 0.225 e. The molecule has 1 aliphatic carbocycles. The van der Waals surface area contributed by atoms with E-state index in [0.717, 1.165) is 28.5 Å². The lowest BCUT2D eigenvalue weighted by atomic mass is 10.2. The second-order valence-electron chi connectivity index (χ2n) is 5.07. The maximum absolute atomic E-state index is 11.7. The highest BCUT2D eigenvalue weighted by atomic mass is 32.2. The van der Waals surface area contributed by atoms with Crippen LogP contribution in [0.3, 0.4) is 0 Å². The molecule has 1 aliphatic rings. The quantitative estimate of drug-likeness (QED) is 0.622. The van der Waals surface area contributed by atoms with E-state index in [0.29, 0.717) is 16.7 Å². The number of thioether (sulfide) groups is 1. The molecule has 0 N–H and O–H groups in total. The molecule has 1 heterocycles. The van der Waals surface area contributed by atoms with E-state index < -0.39 is 0 Å². The molecular weight excluding hydrogens is 316 g/mol. The van der Waals surface area contributed by atoms with Crippen molar-refractivity contribution in [3.63, 3.8) is 0 Å². The van der Waals surface area contributed by atoms with Crippen LogP contribution in [0.4, 0.5) is 5.13 Å². The van der Waals surface area contributed by atoms with Gasteiger partial charge in [0.1, 0.15) is 0 Å². The molecule has 1 aromatic heterocycles. The molecule has 0 unspecified atom stereocenters. The number of benzene rings is 1. The molecule has 1 aromatic carbocycles. The van der Waals surface area contributed by atoms with Crippen LogP contribution in [0.2, 0.25) is 0 Å². The van der Waals surface area contributed by atoms with Gasteiger partial charge in [0.25, 0.3) is 0 Å². The summed E-state index contributed by atoms with van der Waals surface area (Å²) in [6, 6.07) is 9.92. The lowest BCUT2D eigenvalue weighted by Gasteiger charge is -2.15. The number of anilines is 1. The first-order valence-corrected chi connectivity index (χ1v) is 8.72. The first-order valence-electron chi connectivity index (χ1n) is 6.92. The van der Waals surface area contributed by atoms with Crippen molar-refractivity contribution in [2.24, 2.45) is 0 Å². The first kappa shape index (κ1) is 15.0. The Labute approximate surface area is 137 Å². The fraction of sp³-hybridized carbons (Fsp3) is 0.333. The van der Waals surface area contributed by atoms with Crippen molar-refractivity contribution in [3.8, 4) is 6.07 Å². The van der Waals surface area contributed by atoms with Gasteiger partial charge in [0.2, 0.25) is 11.0 Å². The topological polar surface area (TPSA) is 69.9 Å². The molecule has 0 aliphatic heterocycles. The summed E-state index contributed by atoms with van der Waals surface area (Å²) >= 11 is 3.05. The van der Waals surface area contributed by atoms with Gasteiger partial charge in [-0.15, -0.1) is 10.2 Å². The number of nitrogens with zero attached hydrogens (tertiary/aromatic N) is 4. The Morgan fingerprint density at radius 1 is 1.41 bits per heavy atom. The molecule has 0 atom stereocenters. The average molecular weight is 330 g/mol. The van der Waals surface area contributed by atoms with Gasteiger partial charge in [0.15, 0.2) is 4.34 Å². The van der Waals surface area contributed by atoms with E-state index >= 15 is 0 Å². The lowest BCUT2D eigenvalue weighted by Crippen LogP contribution is -2.30. The van der Waals surface area contributed by atoms with Crippen molar-refractivity contribution in [1.82, 2.24) is 10.2 Å². The highest BCUT2D eigenvalue weighted by molar-refractivity contribution is 8.00. The molecule has 0 saturated heterocycles. The molecule has 1 saturated carbocycles. The fourth-order valence-corrected chi connectivity index (χ4v) is 3.97. The maximum Gasteiger partial charge on any atom is 0.225 e. The largest absolute Gasteiger partial charge is 0.284 e. The molecule has 112 valence electrons. The summed E-state index contributed by atoms with van der Waals surface area (Å²) in [6.07, 6.45) is 2.10. The van der Waals surface area contributed by atoms with Crippen LogP contribution in [0.5, 0.6) is 0 Å². The molecule has 22 heavy (non-hydrogen) atoms. The van der Waals surface area contributed by atoms with Gasteiger partial charge in [-0.3, -0.25) is 9.69 Å². The predicted octanol–water partition coefficient (Wildman–Crippen LogP) is 3.22. The number of carbonyl (C=O) groups excluding carboxylic acids is 1. The standard InChI is InChI=1S/C15H14N4OS2/c1-10(20)19(13-6-7-13)14-17-18-15(22-14)21-9-12-4-2-11(8-16)3-5-12/h2-5,13H,6-7,9H2,1H3. The number of amides is 1. The third kappa shape index (κ3) is 3.46. The van der Waals surface area contributed by atoms with E-state index in [1.54, 1.807) is 23.6 Å². The number of rotatable bonds is 5. The van der Waals surface area contributed by atoms with Crippen LogP contribution in [0, 0.1) is 11.3 Å². The second kappa shape index (κ2) is 6.46. The van der Waals surface area contributed by atoms with Gasteiger partial charge < -0.3 is 0 Å².